The minimum Gasteiger partial charge on any atom is -1.00 e. The van der Waals surface area contributed by atoms with Crippen molar-refractivity contribution in [3.05, 3.63) is 12.0 Å². The van der Waals surface area contributed by atoms with Crippen molar-refractivity contribution in [3.63, 3.8) is 0 Å². The smallest absolute Gasteiger partial charge is 1.00 e. The van der Waals surface area contributed by atoms with Crippen molar-refractivity contribution in [2.45, 2.75) is 6.92 Å². The summed E-state index contributed by atoms with van der Waals surface area (Å²) in [5.41, 5.74) is 0. The van der Waals surface area contributed by atoms with E-state index in [1.807, 2.05) is 0 Å². The van der Waals surface area contributed by atoms with Crippen LogP contribution in [0.15, 0.2) is 12.0 Å². The monoisotopic (exact) mass is 516 g/mol. The molecule has 0 aromatic heterocycles. The Bertz CT molecular complexity index is 65.5. The van der Waals surface area contributed by atoms with Crippen LogP contribution >= 0.6 is 0 Å². The van der Waals surface area contributed by atoms with Crippen molar-refractivity contribution >= 4 is 0 Å². The van der Waals surface area contributed by atoms with Crippen LogP contribution in [0.3, 0.4) is 0 Å². The van der Waals surface area contributed by atoms with Gasteiger partial charge in [0.2, 0.25) is 0 Å². The van der Waals surface area contributed by atoms with Gasteiger partial charge in [-0.05, 0) is 0 Å². The molecule has 0 N–H and O–H groups in total. The molecule has 6 heteroatoms. The fourth-order valence-electron chi connectivity index (χ4n) is 0.166. The van der Waals surface area contributed by atoms with Gasteiger partial charge in [-0.3, -0.25) is 0 Å². The van der Waals surface area contributed by atoms with Gasteiger partial charge in [-0.2, -0.15) is 0 Å². The van der Waals surface area contributed by atoms with E-state index in [9.17, 15) is 5.11 Å². The van der Waals surface area contributed by atoms with Crippen LogP contribution in [-0.2, 0) is 26.5 Å². The molecule has 0 fully saturated rings. The van der Waals surface area contributed by atoms with Crippen molar-refractivity contribution in [3.8, 4) is 0 Å². The first-order valence-corrected chi connectivity index (χ1v) is 1.64. The van der Waals surface area contributed by atoms with E-state index in [0.29, 0.717) is 0 Å². The number of ether oxygens (including phenoxy) is 1. The summed E-state index contributed by atoms with van der Waals surface area (Å²) in [6.07, 6.45) is 1.15. The molecule has 10 heavy (non-hydrogen) atoms. The van der Waals surface area contributed by atoms with E-state index in [-0.39, 0.29) is 99.4 Å². The third-order valence-electron chi connectivity index (χ3n) is 0.284. The standard InChI is InChI=1S/C4H8O2.3HI.Ti/c1-4(5)3-6-2;;;;/h3,5H,1-2H3;3*1H;/q;;;;+4/p-4/b4-3-;;;;. The third kappa shape index (κ3) is 31.8. The van der Waals surface area contributed by atoms with Gasteiger partial charge >= 0.3 is 21.7 Å². The van der Waals surface area contributed by atoms with Crippen molar-refractivity contribution in [1.82, 2.24) is 0 Å². The molecule has 0 unspecified atom stereocenters. The molecule has 0 aliphatic carbocycles. The number of methoxy groups -OCH3 is 1. The van der Waals surface area contributed by atoms with E-state index in [4.69, 9.17) is 0 Å². The molecule has 0 amide bonds. The number of allylic oxidation sites excluding steroid dienone is 1. The van der Waals surface area contributed by atoms with E-state index in [2.05, 4.69) is 4.74 Å². The van der Waals surface area contributed by atoms with Gasteiger partial charge in [-0.25, -0.2) is 0 Å². The van der Waals surface area contributed by atoms with Crippen LogP contribution < -0.4 is 77.0 Å². The van der Waals surface area contributed by atoms with Crippen molar-refractivity contribution in [2.24, 2.45) is 0 Å². The Hall–Kier alpha value is 2.24. The largest absolute Gasteiger partial charge is 4.00 e. The maximum atomic E-state index is 9.86. The third-order valence-corrected chi connectivity index (χ3v) is 0.284. The van der Waals surface area contributed by atoms with Crippen molar-refractivity contribution in [2.75, 3.05) is 7.11 Å². The van der Waals surface area contributed by atoms with E-state index < -0.39 is 0 Å². The van der Waals surface area contributed by atoms with Crippen LogP contribution in [0.2, 0.25) is 0 Å². The minimum absolute atomic E-state index is 0. The molecule has 0 aliphatic heterocycles. The molecule has 0 heterocycles. The summed E-state index contributed by atoms with van der Waals surface area (Å²) in [7, 11) is 1.45. The first kappa shape index (κ1) is 29.5. The maximum Gasteiger partial charge on any atom is 4.00 e. The maximum absolute atomic E-state index is 9.86. The van der Waals surface area contributed by atoms with Crippen LogP contribution in [0, 0.1) is 0 Å². The summed E-state index contributed by atoms with van der Waals surface area (Å²) < 4.78 is 4.33. The van der Waals surface area contributed by atoms with Gasteiger partial charge in [-0.1, -0.05) is 6.92 Å². The van der Waals surface area contributed by atoms with Gasteiger partial charge in [0, 0.05) is 0 Å². The summed E-state index contributed by atoms with van der Waals surface area (Å²) in [6.45, 7) is 1.43. The van der Waals surface area contributed by atoms with Gasteiger partial charge in [-0.15, -0.1) is 5.76 Å². The molecular weight excluding hydrogens is 509 g/mol. The first-order chi connectivity index (χ1) is 2.77. The Morgan fingerprint density at radius 1 is 1.30 bits per heavy atom. The molecule has 0 aliphatic rings. The predicted octanol–water partition coefficient (Wildman–Crippen LogP) is -9.14. The predicted molar refractivity (Wildman–Crippen MR) is 20.8 cm³/mol. The fourth-order valence-corrected chi connectivity index (χ4v) is 0.166. The van der Waals surface area contributed by atoms with Gasteiger partial charge < -0.3 is 81.8 Å². The van der Waals surface area contributed by atoms with Crippen molar-refractivity contribution in [1.29, 1.82) is 0 Å². The van der Waals surface area contributed by atoms with Gasteiger partial charge in [0.05, 0.1) is 13.4 Å². The van der Waals surface area contributed by atoms with Crippen LogP contribution in [-0.4, -0.2) is 7.11 Å². The molecule has 0 rings (SSSR count). The topological polar surface area (TPSA) is 32.3 Å². The summed E-state index contributed by atoms with van der Waals surface area (Å²) in [4.78, 5) is 0. The average molecular weight is 516 g/mol. The van der Waals surface area contributed by atoms with E-state index in [1.165, 1.54) is 14.0 Å². The number of rotatable bonds is 1. The molecule has 60 valence electrons. The molecular formula is C4H7I3O2Ti. The van der Waals surface area contributed by atoms with Crippen LogP contribution in [0.4, 0.5) is 0 Å². The minimum atomic E-state index is -0.0579. The zero-order chi connectivity index (χ0) is 4.99. The van der Waals surface area contributed by atoms with Crippen LogP contribution in [0.5, 0.6) is 0 Å². The molecule has 0 aromatic rings. The molecule has 2 nitrogen and oxygen atoms in total. The second-order valence-corrected chi connectivity index (χ2v) is 0.964. The number of hydrogen-bond acceptors (Lipinski definition) is 2. The van der Waals surface area contributed by atoms with E-state index in [1.54, 1.807) is 0 Å². The Morgan fingerprint density at radius 2 is 1.60 bits per heavy atom. The number of hydrogen-bond donors (Lipinski definition) is 0. The summed E-state index contributed by atoms with van der Waals surface area (Å²) in [5.74, 6) is -0.0579. The van der Waals surface area contributed by atoms with E-state index in [0.717, 1.165) is 6.26 Å². The fraction of sp³-hybridized carbons (Fsp3) is 0.500. The Kier molecular flexibility index (Phi) is 66.3. The average Bonchev–Trinajstić information content (AvgIpc) is 1.35. The SMILES string of the molecule is CO/C=C(/C)[O-].[I-].[I-].[I-].[Ti+4]. The number of halogens is 3. The molecule has 0 bridgehead atoms. The summed E-state index contributed by atoms with van der Waals surface area (Å²) in [5, 5.41) is 9.86. The molecule has 0 atom stereocenters. The Balaban J connectivity index is -0.0000000208. The van der Waals surface area contributed by atoms with Gasteiger partial charge in [0.25, 0.3) is 0 Å². The second kappa shape index (κ2) is 22.5. The van der Waals surface area contributed by atoms with Gasteiger partial charge in [0.15, 0.2) is 0 Å². The molecule has 0 spiro atoms. The van der Waals surface area contributed by atoms with E-state index >= 15 is 0 Å². The second-order valence-electron chi connectivity index (χ2n) is 0.964. The van der Waals surface area contributed by atoms with Crippen LogP contribution in [0.1, 0.15) is 6.92 Å². The van der Waals surface area contributed by atoms with Crippen LogP contribution in [0.25, 0.3) is 0 Å². The molecule has 0 aromatic carbocycles. The first-order valence-electron chi connectivity index (χ1n) is 1.64. The summed E-state index contributed by atoms with van der Waals surface area (Å²) >= 11 is 0. The molecule has 0 saturated carbocycles. The normalized spacial score (nSPS) is 6.80. The summed E-state index contributed by atoms with van der Waals surface area (Å²) in [6, 6.07) is 0. The quantitative estimate of drug-likeness (QED) is 0.198. The molecule has 0 radical (unpaired) electrons. The Labute approximate surface area is 127 Å². The molecule has 0 saturated heterocycles. The van der Waals surface area contributed by atoms with Crippen molar-refractivity contribution < 1.29 is 103 Å². The zero-order valence-corrected chi connectivity index (χ0v) is 13.6. The van der Waals surface area contributed by atoms with Gasteiger partial charge in [0.1, 0.15) is 0 Å². The zero-order valence-electron chi connectivity index (χ0n) is 5.53. The Morgan fingerprint density at radius 3 is 1.60 bits per heavy atom.